The lowest BCUT2D eigenvalue weighted by molar-refractivity contribution is 0.647. The molecule has 0 atom stereocenters. The molecule has 0 heterocycles. The number of benzene rings is 2. The molecule has 1 aliphatic rings. The van der Waals surface area contributed by atoms with E-state index in [1.54, 1.807) is 0 Å². The lowest BCUT2D eigenvalue weighted by Gasteiger charge is -2.09. The highest BCUT2D eigenvalue weighted by molar-refractivity contribution is 5.65. The first-order valence-corrected chi connectivity index (χ1v) is 8.12. The molecule has 2 aromatic carbocycles. The third-order valence-electron chi connectivity index (χ3n) is 4.00. The van der Waals surface area contributed by atoms with E-state index in [9.17, 15) is 0 Å². The van der Waals surface area contributed by atoms with Crippen LogP contribution < -0.4 is 5.32 Å². The topological polar surface area (TPSA) is 12.0 Å². The van der Waals surface area contributed by atoms with Gasteiger partial charge in [-0.3, -0.25) is 0 Å². The zero-order chi connectivity index (χ0) is 14.7. The lowest BCUT2D eigenvalue weighted by Crippen LogP contribution is -2.15. The average Bonchev–Trinajstić information content (AvgIpc) is 3.29. The molecule has 1 nitrogen and oxygen atoms in total. The van der Waals surface area contributed by atoms with Crippen LogP contribution in [0.4, 0.5) is 0 Å². The Morgan fingerprint density at radius 3 is 2.19 bits per heavy atom. The number of hydrogen-bond donors (Lipinski definition) is 1. The van der Waals surface area contributed by atoms with Crippen molar-refractivity contribution in [3.63, 3.8) is 0 Å². The normalized spacial score (nSPS) is 14.6. The average molecular weight is 279 g/mol. The second-order valence-electron chi connectivity index (χ2n) is 6.65. The van der Waals surface area contributed by atoms with Gasteiger partial charge >= 0.3 is 0 Å². The molecular formula is C20H25N. The molecule has 1 aliphatic carbocycles. The molecule has 0 saturated heterocycles. The molecule has 0 bridgehead atoms. The summed E-state index contributed by atoms with van der Waals surface area (Å²) in [5.41, 5.74) is 5.48. The predicted octanol–water partition coefficient (Wildman–Crippen LogP) is 4.80. The molecule has 0 amide bonds. The molecule has 0 aliphatic heterocycles. The zero-order valence-corrected chi connectivity index (χ0v) is 13.1. The zero-order valence-electron chi connectivity index (χ0n) is 13.1. The molecule has 3 rings (SSSR count). The van der Waals surface area contributed by atoms with E-state index in [0.717, 1.165) is 19.0 Å². The van der Waals surface area contributed by atoms with Gasteiger partial charge in [0, 0.05) is 12.6 Å². The minimum absolute atomic E-state index is 0.703. The van der Waals surface area contributed by atoms with Gasteiger partial charge in [-0.2, -0.15) is 0 Å². The van der Waals surface area contributed by atoms with Crippen molar-refractivity contribution in [1.82, 2.24) is 5.32 Å². The maximum absolute atomic E-state index is 3.59. The molecule has 2 aromatic rings. The summed E-state index contributed by atoms with van der Waals surface area (Å²) >= 11 is 0. The molecule has 110 valence electrons. The van der Waals surface area contributed by atoms with Gasteiger partial charge in [-0.25, -0.2) is 0 Å². The van der Waals surface area contributed by atoms with Crippen LogP contribution in [0.1, 0.15) is 37.8 Å². The van der Waals surface area contributed by atoms with E-state index >= 15 is 0 Å². The molecule has 1 saturated carbocycles. The fraction of sp³-hybridized carbons (Fsp3) is 0.400. The fourth-order valence-electron chi connectivity index (χ4n) is 2.76. The molecule has 0 radical (unpaired) electrons. The van der Waals surface area contributed by atoms with Gasteiger partial charge in [0.2, 0.25) is 0 Å². The molecule has 1 fully saturated rings. The molecule has 1 N–H and O–H groups in total. The number of rotatable bonds is 6. The van der Waals surface area contributed by atoms with Crippen LogP contribution in [0.5, 0.6) is 0 Å². The molecule has 1 heteroatoms. The summed E-state index contributed by atoms with van der Waals surface area (Å²) in [4.78, 5) is 0. The maximum atomic E-state index is 3.59. The highest BCUT2D eigenvalue weighted by Gasteiger charge is 2.19. The smallest absolute Gasteiger partial charge is 0.0208 e. The SMILES string of the molecule is CC(C)Cc1cccc(-c2cccc(CNC3CC3)c2)c1. The van der Waals surface area contributed by atoms with Crippen LogP contribution in [0, 0.1) is 5.92 Å². The van der Waals surface area contributed by atoms with Crippen LogP contribution in [0.15, 0.2) is 48.5 Å². The number of nitrogens with one attached hydrogen (secondary N) is 1. The molecular weight excluding hydrogens is 254 g/mol. The first kappa shape index (κ1) is 14.3. The van der Waals surface area contributed by atoms with Crippen molar-refractivity contribution in [3.8, 4) is 11.1 Å². The van der Waals surface area contributed by atoms with Gasteiger partial charge in [-0.05, 0) is 53.5 Å². The van der Waals surface area contributed by atoms with E-state index in [4.69, 9.17) is 0 Å². The monoisotopic (exact) mass is 279 g/mol. The Morgan fingerprint density at radius 2 is 1.57 bits per heavy atom. The van der Waals surface area contributed by atoms with Gasteiger partial charge in [0.15, 0.2) is 0 Å². The third-order valence-corrected chi connectivity index (χ3v) is 4.00. The van der Waals surface area contributed by atoms with Crippen LogP contribution in [-0.4, -0.2) is 6.04 Å². The summed E-state index contributed by atoms with van der Waals surface area (Å²) in [6.07, 6.45) is 3.84. The molecule has 0 spiro atoms. The Labute approximate surface area is 128 Å². The van der Waals surface area contributed by atoms with E-state index in [1.807, 2.05) is 0 Å². The fourth-order valence-corrected chi connectivity index (χ4v) is 2.76. The van der Waals surface area contributed by atoms with Gasteiger partial charge in [-0.15, -0.1) is 0 Å². The van der Waals surface area contributed by atoms with Crippen LogP contribution in [0.3, 0.4) is 0 Å². The summed E-state index contributed by atoms with van der Waals surface area (Å²) < 4.78 is 0. The number of hydrogen-bond acceptors (Lipinski definition) is 1. The summed E-state index contributed by atoms with van der Waals surface area (Å²) in [7, 11) is 0. The molecule has 0 aromatic heterocycles. The summed E-state index contributed by atoms with van der Waals surface area (Å²) in [5, 5.41) is 3.59. The van der Waals surface area contributed by atoms with Crippen molar-refractivity contribution >= 4 is 0 Å². The van der Waals surface area contributed by atoms with Crippen molar-refractivity contribution in [2.75, 3.05) is 0 Å². The Balaban J connectivity index is 1.77. The van der Waals surface area contributed by atoms with Crippen LogP contribution in [-0.2, 0) is 13.0 Å². The van der Waals surface area contributed by atoms with Gasteiger partial charge in [0.1, 0.15) is 0 Å². The van der Waals surface area contributed by atoms with Crippen molar-refractivity contribution < 1.29 is 0 Å². The van der Waals surface area contributed by atoms with E-state index in [2.05, 4.69) is 67.7 Å². The van der Waals surface area contributed by atoms with Gasteiger partial charge in [-0.1, -0.05) is 56.3 Å². The van der Waals surface area contributed by atoms with Crippen LogP contribution in [0.25, 0.3) is 11.1 Å². The van der Waals surface area contributed by atoms with Crippen LogP contribution in [0.2, 0.25) is 0 Å². The van der Waals surface area contributed by atoms with Gasteiger partial charge < -0.3 is 5.32 Å². The highest BCUT2D eigenvalue weighted by atomic mass is 14.9. The van der Waals surface area contributed by atoms with Crippen LogP contribution >= 0.6 is 0 Å². The quantitative estimate of drug-likeness (QED) is 0.800. The van der Waals surface area contributed by atoms with E-state index in [1.165, 1.54) is 35.1 Å². The first-order chi connectivity index (χ1) is 10.2. The second kappa shape index (κ2) is 6.44. The van der Waals surface area contributed by atoms with E-state index in [0.29, 0.717) is 5.92 Å². The van der Waals surface area contributed by atoms with Crippen molar-refractivity contribution in [2.24, 2.45) is 5.92 Å². The van der Waals surface area contributed by atoms with Crippen molar-refractivity contribution in [2.45, 2.75) is 45.7 Å². The Kier molecular flexibility index (Phi) is 4.40. The standard InChI is InChI=1S/C20H25N/c1-15(2)11-16-5-3-7-18(12-16)19-8-4-6-17(13-19)14-21-20-9-10-20/h3-8,12-13,15,20-21H,9-11,14H2,1-2H3. The summed E-state index contributed by atoms with van der Waals surface area (Å²) in [6, 6.07) is 18.7. The van der Waals surface area contributed by atoms with Crippen molar-refractivity contribution in [1.29, 1.82) is 0 Å². The first-order valence-electron chi connectivity index (χ1n) is 8.12. The summed E-state index contributed by atoms with van der Waals surface area (Å²) in [6.45, 7) is 5.54. The van der Waals surface area contributed by atoms with E-state index in [-0.39, 0.29) is 0 Å². The summed E-state index contributed by atoms with van der Waals surface area (Å²) in [5.74, 6) is 0.703. The lowest BCUT2D eigenvalue weighted by atomic mass is 9.97. The highest BCUT2D eigenvalue weighted by Crippen LogP contribution is 2.24. The minimum atomic E-state index is 0.703. The predicted molar refractivity (Wildman–Crippen MR) is 90.3 cm³/mol. The molecule has 21 heavy (non-hydrogen) atoms. The Hall–Kier alpha value is -1.60. The van der Waals surface area contributed by atoms with E-state index < -0.39 is 0 Å². The minimum Gasteiger partial charge on any atom is -0.310 e. The maximum Gasteiger partial charge on any atom is 0.0208 e. The van der Waals surface area contributed by atoms with Gasteiger partial charge in [0.05, 0.1) is 0 Å². The largest absolute Gasteiger partial charge is 0.310 e. The second-order valence-corrected chi connectivity index (χ2v) is 6.65. The Morgan fingerprint density at radius 1 is 0.952 bits per heavy atom. The van der Waals surface area contributed by atoms with Gasteiger partial charge in [0.25, 0.3) is 0 Å². The molecule has 0 unspecified atom stereocenters. The Bertz CT molecular complexity index is 596. The third kappa shape index (κ3) is 4.18. The van der Waals surface area contributed by atoms with Crippen molar-refractivity contribution in [3.05, 3.63) is 59.7 Å².